The third-order valence-electron chi connectivity index (χ3n) is 5.85. The Morgan fingerprint density at radius 1 is 1.20 bits per heavy atom. The fraction of sp³-hybridized carbons (Fsp3) is 0.286. The summed E-state index contributed by atoms with van der Waals surface area (Å²) in [4.78, 5) is 27.4. The second-order valence-corrected chi connectivity index (χ2v) is 11.7. The Morgan fingerprint density at radius 2 is 1.97 bits per heavy atom. The molecular formula is C21H18F2IN7O3S. The molecule has 10 nitrogen and oxygen atoms in total. The van der Waals surface area contributed by atoms with Crippen molar-refractivity contribution in [2.45, 2.75) is 27.7 Å². The number of fused-ring (bicyclic) bond motifs is 3. The van der Waals surface area contributed by atoms with Crippen LogP contribution >= 0.6 is 22.6 Å². The number of piperidine rings is 1. The Kier molecular flexibility index (Phi) is 5.82. The highest BCUT2D eigenvalue weighted by molar-refractivity contribution is 14.1. The predicted octanol–water partition coefficient (Wildman–Crippen LogP) is 2.72. The molecule has 1 aliphatic heterocycles. The van der Waals surface area contributed by atoms with E-state index in [1.54, 1.807) is 4.90 Å². The molecule has 0 unspecified atom stereocenters. The Bertz CT molecular complexity index is 1590. The number of sulfone groups is 1. The summed E-state index contributed by atoms with van der Waals surface area (Å²) in [6.45, 7) is 0.271. The van der Waals surface area contributed by atoms with Crippen molar-refractivity contribution in [1.82, 2.24) is 29.5 Å². The van der Waals surface area contributed by atoms with Crippen LogP contribution in [0.5, 0.6) is 0 Å². The average molecular weight is 613 g/mol. The lowest BCUT2D eigenvalue weighted by Crippen LogP contribution is -2.44. The second kappa shape index (κ2) is 8.58. The van der Waals surface area contributed by atoms with Crippen molar-refractivity contribution in [2.75, 3.05) is 18.5 Å². The van der Waals surface area contributed by atoms with E-state index in [-0.39, 0.29) is 55.5 Å². The van der Waals surface area contributed by atoms with Gasteiger partial charge in [0.15, 0.2) is 27.1 Å². The van der Waals surface area contributed by atoms with Crippen LogP contribution in [0.4, 0.5) is 14.7 Å². The van der Waals surface area contributed by atoms with Crippen LogP contribution < -0.4 is 5.73 Å². The van der Waals surface area contributed by atoms with Gasteiger partial charge in [0.2, 0.25) is 5.95 Å². The molecule has 2 N–H and O–H groups in total. The highest BCUT2D eigenvalue weighted by atomic mass is 127. The van der Waals surface area contributed by atoms with Gasteiger partial charge in [-0.05, 0) is 31.0 Å². The Hall–Kier alpha value is -3.01. The first-order chi connectivity index (χ1) is 16.5. The number of nitrogen functional groups attached to an aromatic ring is 1. The number of aromatic nitrogens is 5. The Balaban J connectivity index is 1.48. The minimum absolute atomic E-state index is 0.0248. The number of anilines is 1. The van der Waals surface area contributed by atoms with Gasteiger partial charge < -0.3 is 10.6 Å². The quantitative estimate of drug-likeness (QED) is 0.212. The summed E-state index contributed by atoms with van der Waals surface area (Å²) >= 11 is 2.17. The van der Waals surface area contributed by atoms with E-state index in [0.29, 0.717) is 18.7 Å². The summed E-state index contributed by atoms with van der Waals surface area (Å²) in [6.07, 6.45) is 3.54. The molecule has 2 atom stereocenters. The number of nitrogens with zero attached hydrogens (tertiary/aromatic N) is 6. The van der Waals surface area contributed by atoms with Gasteiger partial charge in [0.1, 0.15) is 17.0 Å². The molecular weight excluding hydrogens is 595 g/mol. The largest absolute Gasteiger partial charge is 0.368 e. The molecule has 1 aromatic carbocycles. The number of rotatable bonds is 3. The zero-order chi connectivity index (χ0) is 25.1. The molecule has 1 aliphatic rings. The number of hydrogen-bond donors (Lipinski definition) is 1. The zero-order valence-electron chi connectivity index (χ0n) is 18.2. The molecule has 35 heavy (non-hydrogen) atoms. The summed E-state index contributed by atoms with van der Waals surface area (Å²) in [7, 11) is -3.43. The van der Waals surface area contributed by atoms with E-state index < -0.39 is 21.5 Å². The summed E-state index contributed by atoms with van der Waals surface area (Å²) < 4.78 is 52.6. The molecule has 14 heteroatoms. The van der Waals surface area contributed by atoms with Crippen molar-refractivity contribution >= 4 is 60.8 Å². The number of pyridine rings is 1. The van der Waals surface area contributed by atoms with Gasteiger partial charge in [0.25, 0.3) is 5.91 Å². The highest BCUT2D eigenvalue weighted by Crippen LogP contribution is 2.33. The lowest BCUT2D eigenvalue weighted by molar-refractivity contribution is 0.0683. The maximum Gasteiger partial charge on any atom is 0.273 e. The van der Waals surface area contributed by atoms with E-state index in [1.165, 1.54) is 16.6 Å². The Labute approximate surface area is 211 Å². The fourth-order valence-corrected chi connectivity index (χ4v) is 5.48. The van der Waals surface area contributed by atoms with Gasteiger partial charge in [-0.25, -0.2) is 32.2 Å². The topological polar surface area (TPSA) is 136 Å². The number of amides is 1. The number of benzene rings is 1. The maximum atomic E-state index is 14.3. The summed E-state index contributed by atoms with van der Waals surface area (Å²) in [5.74, 6) is -1.97. The molecule has 1 amide bonds. The van der Waals surface area contributed by atoms with Crippen LogP contribution in [0.3, 0.4) is 0 Å². The SMILES string of the molecule is CS(=O)(=O)c1ccc(C(=O)N2C[C@H](c3nc4c5cc(F)cc(F)c5nc(N)n4n3)CC[C@@H]2I)nc1. The van der Waals surface area contributed by atoms with Crippen molar-refractivity contribution in [3.8, 4) is 0 Å². The van der Waals surface area contributed by atoms with E-state index in [0.717, 1.165) is 24.6 Å². The lowest BCUT2D eigenvalue weighted by Gasteiger charge is -2.35. The lowest BCUT2D eigenvalue weighted by atomic mass is 9.97. The number of alkyl halides is 1. The maximum absolute atomic E-state index is 14.3. The van der Waals surface area contributed by atoms with Crippen molar-refractivity contribution < 1.29 is 22.0 Å². The van der Waals surface area contributed by atoms with Gasteiger partial charge in [-0.3, -0.25) is 4.79 Å². The molecule has 1 fully saturated rings. The standard InChI is InChI=1S/C21H18F2IN7O3S/c1-35(33,34)12-3-4-15(26-8-12)20(32)30-9-10(2-5-16(30)24)18-28-19-13-6-11(22)7-14(23)17(13)27-21(25)31(19)29-18/h3-4,6-8,10,16H,2,5,9H2,1H3,(H2,25,27)/t10-,16-/m1/s1. The molecule has 5 rings (SSSR count). The molecule has 0 bridgehead atoms. The number of hydrogen-bond acceptors (Lipinski definition) is 8. The first kappa shape index (κ1) is 23.7. The summed E-state index contributed by atoms with van der Waals surface area (Å²) in [5.41, 5.74) is 6.15. The number of halogens is 3. The van der Waals surface area contributed by atoms with Gasteiger partial charge in [-0.15, -0.1) is 5.10 Å². The molecule has 1 saturated heterocycles. The monoisotopic (exact) mass is 613 g/mol. The first-order valence-corrected chi connectivity index (χ1v) is 13.6. The van der Waals surface area contributed by atoms with Crippen LogP contribution in [0.15, 0.2) is 35.4 Å². The van der Waals surface area contributed by atoms with Crippen molar-refractivity contribution in [3.63, 3.8) is 0 Å². The van der Waals surface area contributed by atoms with Crippen LogP contribution in [-0.4, -0.2) is 60.6 Å². The van der Waals surface area contributed by atoms with Gasteiger partial charge >= 0.3 is 0 Å². The van der Waals surface area contributed by atoms with Crippen molar-refractivity contribution in [2.24, 2.45) is 0 Å². The first-order valence-electron chi connectivity index (χ1n) is 10.4. The third-order valence-corrected chi connectivity index (χ3v) is 8.25. The van der Waals surface area contributed by atoms with Crippen LogP contribution in [0, 0.1) is 11.6 Å². The van der Waals surface area contributed by atoms with Crippen LogP contribution in [0.2, 0.25) is 0 Å². The number of carbonyl (C=O) groups is 1. The van der Waals surface area contributed by atoms with Gasteiger partial charge in [-0.2, -0.15) is 4.52 Å². The molecule has 0 spiro atoms. The molecule has 4 aromatic rings. The highest BCUT2D eigenvalue weighted by Gasteiger charge is 2.34. The summed E-state index contributed by atoms with van der Waals surface area (Å²) in [6, 6.07) is 4.59. The van der Waals surface area contributed by atoms with Gasteiger partial charge in [0, 0.05) is 31.0 Å². The van der Waals surface area contributed by atoms with E-state index in [2.05, 4.69) is 42.6 Å². The predicted molar refractivity (Wildman–Crippen MR) is 131 cm³/mol. The molecule has 0 radical (unpaired) electrons. The zero-order valence-corrected chi connectivity index (χ0v) is 21.2. The normalized spacial score (nSPS) is 18.9. The van der Waals surface area contributed by atoms with E-state index in [9.17, 15) is 22.0 Å². The van der Waals surface area contributed by atoms with E-state index in [4.69, 9.17) is 5.73 Å². The summed E-state index contributed by atoms with van der Waals surface area (Å²) in [5, 5.41) is 4.57. The minimum Gasteiger partial charge on any atom is -0.368 e. The Morgan fingerprint density at radius 3 is 2.66 bits per heavy atom. The average Bonchev–Trinajstić information content (AvgIpc) is 3.26. The molecule has 0 aliphatic carbocycles. The molecule has 3 aromatic heterocycles. The molecule has 4 heterocycles. The fourth-order valence-electron chi connectivity index (χ4n) is 4.08. The van der Waals surface area contributed by atoms with Crippen LogP contribution in [-0.2, 0) is 9.84 Å². The number of carbonyl (C=O) groups excluding carboxylic acids is 1. The molecule has 182 valence electrons. The van der Waals surface area contributed by atoms with Crippen LogP contribution in [0.25, 0.3) is 16.6 Å². The second-order valence-electron chi connectivity index (χ2n) is 8.28. The number of likely N-dealkylation sites (tertiary alicyclic amines) is 1. The minimum atomic E-state index is -3.43. The van der Waals surface area contributed by atoms with E-state index >= 15 is 0 Å². The smallest absolute Gasteiger partial charge is 0.273 e. The third kappa shape index (κ3) is 4.28. The van der Waals surface area contributed by atoms with Crippen molar-refractivity contribution in [3.05, 3.63) is 53.6 Å². The van der Waals surface area contributed by atoms with Gasteiger partial charge in [0.05, 0.1) is 14.3 Å². The van der Waals surface area contributed by atoms with Gasteiger partial charge in [-0.1, -0.05) is 22.6 Å². The molecule has 0 saturated carbocycles. The van der Waals surface area contributed by atoms with Crippen molar-refractivity contribution in [1.29, 1.82) is 0 Å². The van der Waals surface area contributed by atoms with Crippen LogP contribution in [0.1, 0.15) is 35.1 Å². The number of nitrogens with two attached hydrogens (primary N) is 1. The van der Waals surface area contributed by atoms with E-state index in [1.807, 2.05) is 0 Å².